The van der Waals surface area contributed by atoms with Crippen molar-refractivity contribution in [2.75, 3.05) is 6.54 Å². The zero-order valence-corrected chi connectivity index (χ0v) is 11.0. The molecule has 3 rings (SSSR count). The fraction of sp³-hybridized carbons (Fsp3) is 0.357. The second-order valence-corrected chi connectivity index (χ2v) is 4.76. The third-order valence-electron chi connectivity index (χ3n) is 3.28. The van der Waals surface area contributed by atoms with E-state index in [-0.39, 0.29) is 12.0 Å². The molecule has 2 aromatic rings. The van der Waals surface area contributed by atoms with E-state index in [0.29, 0.717) is 19.5 Å². The molecule has 2 heterocycles. The van der Waals surface area contributed by atoms with Crippen molar-refractivity contribution in [3.63, 3.8) is 0 Å². The van der Waals surface area contributed by atoms with E-state index in [1.165, 1.54) is 11.9 Å². The monoisotopic (exact) mass is 272 g/mol. The molecule has 6 nitrogen and oxygen atoms in total. The maximum Gasteiger partial charge on any atom is 0.221 e. The first kappa shape index (κ1) is 12.7. The predicted molar refractivity (Wildman–Crippen MR) is 72.2 cm³/mol. The number of ether oxygens (including phenoxy) is 1. The number of aromatic nitrogens is 3. The second kappa shape index (κ2) is 5.73. The SMILES string of the molecule is O=C(CCn1cncn1)NC[C@@H]1Cc2ccccc2O1. The van der Waals surface area contributed by atoms with Crippen LogP contribution in [0.4, 0.5) is 0 Å². The molecule has 1 aromatic heterocycles. The van der Waals surface area contributed by atoms with Gasteiger partial charge >= 0.3 is 0 Å². The number of hydrogen-bond donors (Lipinski definition) is 1. The van der Waals surface area contributed by atoms with Crippen molar-refractivity contribution >= 4 is 5.91 Å². The summed E-state index contributed by atoms with van der Waals surface area (Å²) >= 11 is 0. The fourth-order valence-corrected chi connectivity index (χ4v) is 2.25. The van der Waals surface area contributed by atoms with Crippen LogP contribution in [0.15, 0.2) is 36.9 Å². The van der Waals surface area contributed by atoms with E-state index in [4.69, 9.17) is 4.74 Å². The van der Waals surface area contributed by atoms with E-state index in [9.17, 15) is 4.79 Å². The molecule has 1 amide bonds. The topological polar surface area (TPSA) is 69.0 Å². The molecule has 0 fully saturated rings. The molecule has 0 radical (unpaired) electrons. The summed E-state index contributed by atoms with van der Waals surface area (Å²) in [5, 5.41) is 6.85. The number of nitrogens with zero attached hydrogens (tertiary/aromatic N) is 3. The summed E-state index contributed by atoms with van der Waals surface area (Å²) in [5.41, 5.74) is 1.20. The number of aryl methyl sites for hydroxylation is 1. The van der Waals surface area contributed by atoms with Crippen LogP contribution in [0.5, 0.6) is 5.75 Å². The van der Waals surface area contributed by atoms with Crippen LogP contribution in [0.25, 0.3) is 0 Å². The van der Waals surface area contributed by atoms with E-state index in [1.807, 2.05) is 18.2 Å². The number of carbonyl (C=O) groups is 1. The highest BCUT2D eigenvalue weighted by Gasteiger charge is 2.22. The highest BCUT2D eigenvalue weighted by atomic mass is 16.5. The molecule has 1 N–H and O–H groups in total. The Hall–Kier alpha value is -2.37. The third-order valence-corrected chi connectivity index (χ3v) is 3.28. The lowest BCUT2D eigenvalue weighted by Gasteiger charge is -2.11. The zero-order valence-electron chi connectivity index (χ0n) is 11.0. The Morgan fingerprint density at radius 2 is 2.35 bits per heavy atom. The Morgan fingerprint density at radius 1 is 1.45 bits per heavy atom. The maximum absolute atomic E-state index is 11.7. The minimum atomic E-state index is 0.0000520. The minimum Gasteiger partial charge on any atom is -0.488 e. The van der Waals surface area contributed by atoms with E-state index < -0.39 is 0 Å². The molecule has 104 valence electrons. The lowest BCUT2D eigenvalue weighted by Crippen LogP contribution is -2.34. The lowest BCUT2D eigenvalue weighted by molar-refractivity contribution is -0.121. The van der Waals surface area contributed by atoms with Crippen molar-refractivity contribution in [2.24, 2.45) is 0 Å². The van der Waals surface area contributed by atoms with Crippen molar-refractivity contribution in [1.82, 2.24) is 20.1 Å². The average molecular weight is 272 g/mol. The first-order valence-corrected chi connectivity index (χ1v) is 6.65. The molecule has 6 heteroatoms. The lowest BCUT2D eigenvalue weighted by atomic mass is 10.1. The van der Waals surface area contributed by atoms with Crippen LogP contribution < -0.4 is 10.1 Å². The predicted octanol–water partition coefficient (Wildman–Crippen LogP) is 0.788. The van der Waals surface area contributed by atoms with Gasteiger partial charge in [-0.15, -0.1) is 0 Å². The van der Waals surface area contributed by atoms with Crippen LogP contribution in [-0.2, 0) is 17.8 Å². The third kappa shape index (κ3) is 2.96. The van der Waals surface area contributed by atoms with Gasteiger partial charge in [0.1, 0.15) is 24.5 Å². The van der Waals surface area contributed by atoms with Crippen LogP contribution in [-0.4, -0.2) is 33.3 Å². The van der Waals surface area contributed by atoms with E-state index in [1.54, 1.807) is 11.0 Å². The number of amides is 1. The number of rotatable bonds is 5. The van der Waals surface area contributed by atoms with Crippen molar-refractivity contribution in [1.29, 1.82) is 0 Å². The zero-order chi connectivity index (χ0) is 13.8. The molecule has 0 unspecified atom stereocenters. The van der Waals surface area contributed by atoms with Gasteiger partial charge in [-0.05, 0) is 11.6 Å². The van der Waals surface area contributed by atoms with Crippen molar-refractivity contribution < 1.29 is 9.53 Å². The molecular weight excluding hydrogens is 256 g/mol. The van der Waals surface area contributed by atoms with Gasteiger partial charge in [-0.2, -0.15) is 5.10 Å². The smallest absolute Gasteiger partial charge is 0.221 e. The van der Waals surface area contributed by atoms with Crippen LogP contribution in [0.2, 0.25) is 0 Å². The molecule has 20 heavy (non-hydrogen) atoms. The molecule has 1 atom stereocenters. The summed E-state index contributed by atoms with van der Waals surface area (Å²) in [6, 6.07) is 7.98. The number of fused-ring (bicyclic) bond motifs is 1. The Bertz CT molecular complexity index is 558. The molecule has 1 aromatic carbocycles. The number of hydrogen-bond acceptors (Lipinski definition) is 4. The maximum atomic E-state index is 11.7. The van der Waals surface area contributed by atoms with Crippen molar-refractivity contribution in [3.8, 4) is 5.75 Å². The van der Waals surface area contributed by atoms with Gasteiger partial charge in [0.2, 0.25) is 5.91 Å². The van der Waals surface area contributed by atoms with Gasteiger partial charge in [0.25, 0.3) is 0 Å². The second-order valence-electron chi connectivity index (χ2n) is 4.76. The first-order chi connectivity index (χ1) is 9.81. The summed E-state index contributed by atoms with van der Waals surface area (Å²) in [7, 11) is 0. The molecule has 0 saturated carbocycles. The highest BCUT2D eigenvalue weighted by molar-refractivity contribution is 5.75. The summed E-state index contributed by atoms with van der Waals surface area (Å²) in [5.74, 6) is 0.925. The van der Waals surface area contributed by atoms with Gasteiger partial charge in [0.05, 0.1) is 13.1 Å². The van der Waals surface area contributed by atoms with Crippen LogP contribution >= 0.6 is 0 Å². The van der Waals surface area contributed by atoms with Crippen molar-refractivity contribution in [3.05, 3.63) is 42.5 Å². The minimum absolute atomic E-state index is 0.0000520. The highest BCUT2D eigenvalue weighted by Crippen LogP contribution is 2.27. The number of benzene rings is 1. The van der Waals surface area contributed by atoms with Gasteiger partial charge < -0.3 is 10.1 Å². The van der Waals surface area contributed by atoms with Crippen molar-refractivity contribution in [2.45, 2.75) is 25.5 Å². The van der Waals surface area contributed by atoms with E-state index >= 15 is 0 Å². The summed E-state index contributed by atoms with van der Waals surface area (Å²) in [6.07, 6.45) is 4.33. The largest absolute Gasteiger partial charge is 0.488 e. The molecule has 1 aliphatic heterocycles. The molecule has 0 spiro atoms. The molecule has 0 aliphatic carbocycles. The fourth-order valence-electron chi connectivity index (χ4n) is 2.25. The van der Waals surface area contributed by atoms with Crippen LogP contribution in [0.1, 0.15) is 12.0 Å². The van der Waals surface area contributed by atoms with Gasteiger partial charge in [-0.3, -0.25) is 9.48 Å². The normalized spacial score (nSPS) is 16.5. The standard InChI is InChI=1S/C14H16N4O2/c19-14(5-6-18-10-15-9-17-18)16-8-12-7-11-3-1-2-4-13(11)20-12/h1-4,9-10,12H,5-8H2,(H,16,19)/t12-/m0/s1. The van der Waals surface area contributed by atoms with Gasteiger partial charge in [-0.1, -0.05) is 18.2 Å². The molecular formula is C14H16N4O2. The Morgan fingerprint density at radius 3 is 3.15 bits per heavy atom. The number of para-hydroxylation sites is 1. The average Bonchev–Trinajstić information content (AvgIpc) is 3.11. The van der Waals surface area contributed by atoms with Gasteiger partial charge in [0.15, 0.2) is 0 Å². The number of carbonyl (C=O) groups excluding carboxylic acids is 1. The molecule has 1 aliphatic rings. The Balaban J connectivity index is 1.41. The first-order valence-electron chi connectivity index (χ1n) is 6.65. The molecule has 0 saturated heterocycles. The summed E-state index contributed by atoms with van der Waals surface area (Å²) < 4.78 is 7.41. The Labute approximate surface area is 116 Å². The summed E-state index contributed by atoms with van der Waals surface area (Å²) in [4.78, 5) is 15.6. The number of nitrogens with one attached hydrogen (secondary N) is 1. The van der Waals surface area contributed by atoms with Crippen LogP contribution in [0.3, 0.4) is 0 Å². The van der Waals surface area contributed by atoms with E-state index in [0.717, 1.165) is 12.2 Å². The molecule has 0 bridgehead atoms. The Kier molecular flexibility index (Phi) is 3.62. The van der Waals surface area contributed by atoms with E-state index in [2.05, 4.69) is 21.5 Å². The quantitative estimate of drug-likeness (QED) is 0.873. The van der Waals surface area contributed by atoms with Gasteiger partial charge in [0, 0.05) is 12.8 Å². The summed E-state index contributed by atoms with van der Waals surface area (Å²) in [6.45, 7) is 1.07. The van der Waals surface area contributed by atoms with Crippen LogP contribution in [0, 0.1) is 0 Å². The van der Waals surface area contributed by atoms with Gasteiger partial charge in [-0.25, -0.2) is 4.98 Å².